The number of aliphatic hydroxyl groups excluding tert-OH is 1. The highest BCUT2D eigenvalue weighted by molar-refractivity contribution is 7.98. The summed E-state index contributed by atoms with van der Waals surface area (Å²) in [5, 5.41) is 9.50. The minimum atomic E-state index is -0.308. The summed E-state index contributed by atoms with van der Waals surface area (Å²) in [5.41, 5.74) is 2.04. The summed E-state index contributed by atoms with van der Waals surface area (Å²) < 4.78 is 0. The van der Waals surface area contributed by atoms with Gasteiger partial charge in [0.2, 0.25) is 0 Å². The molecule has 0 fully saturated rings. The van der Waals surface area contributed by atoms with E-state index in [1.807, 2.05) is 12.1 Å². The first kappa shape index (κ1) is 7.13. The van der Waals surface area contributed by atoms with E-state index in [0.717, 1.165) is 22.8 Å². The number of aromatic nitrogens is 1. The summed E-state index contributed by atoms with van der Waals surface area (Å²) >= 11 is 1.73. The Labute approximate surface area is 69.7 Å². The number of fused-ring (bicyclic) bond motifs is 1. The van der Waals surface area contributed by atoms with Crippen molar-refractivity contribution < 1.29 is 5.11 Å². The number of aliphatic hydroxyl groups is 1. The first-order chi connectivity index (χ1) is 5.38. The molecule has 2 heterocycles. The monoisotopic (exact) mass is 167 g/mol. The van der Waals surface area contributed by atoms with Crippen molar-refractivity contribution in [3.8, 4) is 0 Å². The SMILES string of the molecule is O[C@H]1CSCc2ncccc21. The van der Waals surface area contributed by atoms with E-state index in [1.54, 1.807) is 18.0 Å². The standard InChI is InChI=1S/C8H9NOS/c10-8-5-11-4-7-6(8)2-1-3-9-7/h1-3,8,10H,4-5H2/t8-/m0/s1. The summed E-state index contributed by atoms with van der Waals surface area (Å²) in [4.78, 5) is 4.19. The highest BCUT2D eigenvalue weighted by Crippen LogP contribution is 2.29. The zero-order valence-electron chi connectivity index (χ0n) is 6.03. The van der Waals surface area contributed by atoms with Crippen LogP contribution in [0.25, 0.3) is 0 Å². The highest BCUT2D eigenvalue weighted by atomic mass is 32.2. The van der Waals surface area contributed by atoms with Crippen LogP contribution in [-0.4, -0.2) is 15.8 Å². The lowest BCUT2D eigenvalue weighted by atomic mass is 10.1. The highest BCUT2D eigenvalue weighted by Gasteiger charge is 2.17. The van der Waals surface area contributed by atoms with Gasteiger partial charge >= 0.3 is 0 Å². The van der Waals surface area contributed by atoms with Crippen molar-refractivity contribution in [2.24, 2.45) is 0 Å². The van der Waals surface area contributed by atoms with E-state index >= 15 is 0 Å². The molecule has 2 nitrogen and oxygen atoms in total. The molecule has 1 aliphatic heterocycles. The van der Waals surface area contributed by atoms with Crippen molar-refractivity contribution in [2.75, 3.05) is 5.75 Å². The van der Waals surface area contributed by atoms with E-state index in [0.29, 0.717) is 0 Å². The van der Waals surface area contributed by atoms with Crippen LogP contribution in [0.1, 0.15) is 17.4 Å². The van der Waals surface area contributed by atoms with Crippen molar-refractivity contribution in [2.45, 2.75) is 11.9 Å². The number of rotatable bonds is 0. The zero-order valence-corrected chi connectivity index (χ0v) is 6.84. The van der Waals surface area contributed by atoms with Gasteiger partial charge in [-0.2, -0.15) is 11.8 Å². The van der Waals surface area contributed by atoms with E-state index in [2.05, 4.69) is 4.98 Å². The molecule has 0 unspecified atom stereocenters. The van der Waals surface area contributed by atoms with Crippen molar-refractivity contribution in [3.63, 3.8) is 0 Å². The van der Waals surface area contributed by atoms with E-state index in [1.165, 1.54) is 0 Å². The molecular weight excluding hydrogens is 158 g/mol. The summed E-state index contributed by atoms with van der Waals surface area (Å²) in [6.45, 7) is 0. The third-order valence-electron chi connectivity index (χ3n) is 1.80. The molecule has 0 bridgehead atoms. The fourth-order valence-electron chi connectivity index (χ4n) is 1.23. The Morgan fingerprint density at radius 3 is 3.36 bits per heavy atom. The number of hydrogen-bond acceptors (Lipinski definition) is 3. The van der Waals surface area contributed by atoms with E-state index in [4.69, 9.17) is 0 Å². The second-order valence-electron chi connectivity index (χ2n) is 2.57. The van der Waals surface area contributed by atoms with Crippen LogP contribution in [0.5, 0.6) is 0 Å². The van der Waals surface area contributed by atoms with Crippen LogP contribution in [0.2, 0.25) is 0 Å². The molecule has 1 aliphatic rings. The topological polar surface area (TPSA) is 33.1 Å². The lowest BCUT2D eigenvalue weighted by Gasteiger charge is -2.18. The number of thioether (sulfide) groups is 1. The smallest absolute Gasteiger partial charge is 0.0898 e. The van der Waals surface area contributed by atoms with E-state index in [-0.39, 0.29) is 6.10 Å². The lowest BCUT2D eigenvalue weighted by molar-refractivity contribution is 0.201. The molecule has 0 aliphatic carbocycles. The Morgan fingerprint density at radius 2 is 2.55 bits per heavy atom. The number of pyridine rings is 1. The molecule has 0 radical (unpaired) electrons. The molecule has 1 aromatic heterocycles. The van der Waals surface area contributed by atoms with Crippen molar-refractivity contribution >= 4 is 11.8 Å². The molecule has 11 heavy (non-hydrogen) atoms. The van der Waals surface area contributed by atoms with Gasteiger partial charge in [0.25, 0.3) is 0 Å². The molecule has 0 aromatic carbocycles. The maximum Gasteiger partial charge on any atom is 0.0898 e. The van der Waals surface area contributed by atoms with Gasteiger partial charge < -0.3 is 5.11 Å². The minimum absolute atomic E-state index is 0.308. The van der Waals surface area contributed by atoms with Crippen molar-refractivity contribution in [3.05, 3.63) is 29.6 Å². The fourth-order valence-corrected chi connectivity index (χ4v) is 2.19. The van der Waals surface area contributed by atoms with Crippen LogP contribution in [-0.2, 0) is 5.75 Å². The largest absolute Gasteiger partial charge is 0.387 e. The molecule has 0 saturated heterocycles. The molecule has 0 amide bonds. The summed E-state index contributed by atoms with van der Waals surface area (Å²) in [7, 11) is 0. The van der Waals surface area contributed by atoms with E-state index < -0.39 is 0 Å². The van der Waals surface area contributed by atoms with Crippen LogP contribution < -0.4 is 0 Å². The average molecular weight is 167 g/mol. The van der Waals surface area contributed by atoms with Gasteiger partial charge in [0.05, 0.1) is 11.8 Å². The minimum Gasteiger partial charge on any atom is -0.387 e. The Balaban J connectivity index is 2.44. The van der Waals surface area contributed by atoms with Crippen LogP contribution in [0.3, 0.4) is 0 Å². The quantitative estimate of drug-likeness (QED) is 0.633. The van der Waals surface area contributed by atoms with Gasteiger partial charge in [-0.15, -0.1) is 0 Å². The Morgan fingerprint density at radius 1 is 1.64 bits per heavy atom. The van der Waals surface area contributed by atoms with Gasteiger partial charge in [-0.3, -0.25) is 4.98 Å². The van der Waals surface area contributed by atoms with Crippen molar-refractivity contribution in [1.82, 2.24) is 4.98 Å². The maximum absolute atomic E-state index is 9.50. The molecular formula is C8H9NOS. The number of hydrogen-bond donors (Lipinski definition) is 1. The zero-order chi connectivity index (χ0) is 7.68. The van der Waals surface area contributed by atoms with Crippen LogP contribution in [0, 0.1) is 0 Å². The molecule has 1 N–H and O–H groups in total. The van der Waals surface area contributed by atoms with Gasteiger partial charge in [-0.1, -0.05) is 6.07 Å². The normalized spacial score (nSPS) is 22.8. The Bertz CT molecular complexity index is 264. The Hall–Kier alpha value is -0.540. The third-order valence-corrected chi connectivity index (χ3v) is 2.83. The third kappa shape index (κ3) is 1.26. The Kier molecular flexibility index (Phi) is 1.84. The van der Waals surface area contributed by atoms with Gasteiger partial charge in [-0.25, -0.2) is 0 Å². The van der Waals surface area contributed by atoms with Gasteiger partial charge in [0.1, 0.15) is 0 Å². The molecule has 1 atom stereocenters. The second-order valence-corrected chi connectivity index (χ2v) is 3.60. The predicted molar refractivity (Wildman–Crippen MR) is 45.4 cm³/mol. The summed E-state index contributed by atoms with van der Waals surface area (Å²) in [6.07, 6.45) is 1.47. The predicted octanol–water partition coefficient (Wildman–Crippen LogP) is 1.36. The molecule has 2 rings (SSSR count). The van der Waals surface area contributed by atoms with Crippen LogP contribution >= 0.6 is 11.8 Å². The fraction of sp³-hybridized carbons (Fsp3) is 0.375. The molecule has 3 heteroatoms. The van der Waals surface area contributed by atoms with Crippen molar-refractivity contribution in [1.29, 1.82) is 0 Å². The van der Waals surface area contributed by atoms with Gasteiger partial charge in [0, 0.05) is 23.3 Å². The molecule has 1 aromatic rings. The molecule has 0 saturated carbocycles. The summed E-state index contributed by atoms with van der Waals surface area (Å²) in [5.74, 6) is 1.74. The van der Waals surface area contributed by atoms with Crippen LogP contribution in [0.4, 0.5) is 0 Å². The molecule has 58 valence electrons. The average Bonchev–Trinajstić information content (AvgIpc) is 2.06. The molecule has 0 spiro atoms. The second kappa shape index (κ2) is 2.83. The lowest BCUT2D eigenvalue weighted by Crippen LogP contribution is -2.10. The number of nitrogens with zero attached hydrogens (tertiary/aromatic N) is 1. The summed E-state index contributed by atoms with van der Waals surface area (Å²) in [6, 6.07) is 3.82. The van der Waals surface area contributed by atoms with Crippen LogP contribution in [0.15, 0.2) is 18.3 Å². The van der Waals surface area contributed by atoms with E-state index in [9.17, 15) is 5.11 Å². The maximum atomic E-state index is 9.50. The first-order valence-corrected chi connectivity index (χ1v) is 4.73. The first-order valence-electron chi connectivity index (χ1n) is 3.57. The van der Waals surface area contributed by atoms with Gasteiger partial charge in [-0.05, 0) is 6.07 Å². The van der Waals surface area contributed by atoms with Gasteiger partial charge in [0.15, 0.2) is 0 Å².